The van der Waals surface area contributed by atoms with Crippen LogP contribution in [0, 0.1) is 16.0 Å². The molecule has 0 radical (unpaired) electrons. The van der Waals surface area contributed by atoms with Crippen LogP contribution in [-0.4, -0.2) is 48.8 Å². The van der Waals surface area contributed by atoms with Crippen LogP contribution in [0.3, 0.4) is 0 Å². The summed E-state index contributed by atoms with van der Waals surface area (Å²) in [5.74, 6) is 0.372. The van der Waals surface area contributed by atoms with Crippen molar-refractivity contribution in [3.8, 4) is 0 Å². The standard InChI is InChI=1S/C18H31N3O6.C17H28/c1-2-3-4-5-10-17(22)20-16(14-15-9-8-11-19-15)18(23)26-12-6-7-13-27-21(24)25;1-3-11-16(4-2)12-7-5-8-13-17-14-9-6-10-15-17/h2-3,15-16,19H,4-14H2,1H3,(H,20,22);6,9-10,14-16H,3-5,7-8,11-13H2,1-2H3/b3-2-;. The largest absolute Gasteiger partial charge is 0.464 e. The number of carbonyl (C=O) groups excluding carboxylic acids is 2. The zero-order chi connectivity index (χ0) is 32.3. The number of unbranched alkanes of at least 4 members (excludes halogenated alkanes) is 4. The number of nitrogens with zero attached hydrogens (tertiary/aromatic N) is 1. The number of nitrogens with one attached hydrogen (secondary N) is 2. The van der Waals surface area contributed by atoms with Gasteiger partial charge < -0.3 is 20.2 Å². The van der Waals surface area contributed by atoms with Gasteiger partial charge in [-0.05, 0) is 82.7 Å². The summed E-state index contributed by atoms with van der Waals surface area (Å²) in [4.78, 5) is 38.8. The first-order chi connectivity index (χ1) is 21.4. The third kappa shape index (κ3) is 20.9. The van der Waals surface area contributed by atoms with Crippen molar-refractivity contribution in [3.63, 3.8) is 0 Å². The highest BCUT2D eigenvalue weighted by Crippen LogP contribution is 2.19. The van der Waals surface area contributed by atoms with Crippen LogP contribution in [0.15, 0.2) is 42.5 Å². The van der Waals surface area contributed by atoms with Gasteiger partial charge in [-0.15, -0.1) is 10.1 Å². The maximum Gasteiger partial charge on any atom is 0.328 e. The first-order valence-corrected chi connectivity index (χ1v) is 17.0. The van der Waals surface area contributed by atoms with Crippen molar-refractivity contribution < 1.29 is 24.3 Å². The third-order valence-corrected chi connectivity index (χ3v) is 7.99. The molecule has 1 aromatic rings. The number of ether oxygens (including phenoxy) is 1. The van der Waals surface area contributed by atoms with Crippen LogP contribution in [0.5, 0.6) is 0 Å². The first kappa shape index (κ1) is 39.1. The van der Waals surface area contributed by atoms with E-state index >= 15 is 0 Å². The average molecular weight is 618 g/mol. The second-order valence-corrected chi connectivity index (χ2v) is 11.7. The lowest BCUT2D eigenvalue weighted by molar-refractivity contribution is -0.757. The van der Waals surface area contributed by atoms with Gasteiger partial charge in [-0.3, -0.25) is 4.79 Å². The summed E-state index contributed by atoms with van der Waals surface area (Å²) in [6.07, 6.45) is 20.3. The molecule has 9 nitrogen and oxygen atoms in total. The first-order valence-electron chi connectivity index (χ1n) is 17.0. The van der Waals surface area contributed by atoms with Crippen LogP contribution in [0.1, 0.15) is 123 Å². The molecule has 44 heavy (non-hydrogen) atoms. The molecule has 3 unspecified atom stereocenters. The minimum atomic E-state index is -0.845. The Kier molecular flexibility index (Phi) is 23.5. The van der Waals surface area contributed by atoms with Crippen molar-refractivity contribution in [3.05, 3.63) is 58.2 Å². The summed E-state index contributed by atoms with van der Waals surface area (Å²) in [5.41, 5.74) is 1.49. The number of aryl methyl sites for hydroxylation is 1. The van der Waals surface area contributed by atoms with Crippen LogP contribution in [0.2, 0.25) is 0 Å². The molecule has 2 rings (SSSR count). The van der Waals surface area contributed by atoms with E-state index in [1.165, 1.54) is 56.9 Å². The lowest BCUT2D eigenvalue weighted by atomic mass is 9.93. The predicted molar refractivity (Wildman–Crippen MR) is 177 cm³/mol. The molecule has 1 fully saturated rings. The third-order valence-electron chi connectivity index (χ3n) is 7.99. The number of allylic oxidation sites excluding steroid dienone is 2. The molecule has 0 aliphatic carbocycles. The van der Waals surface area contributed by atoms with Crippen LogP contribution >= 0.6 is 0 Å². The molecule has 1 heterocycles. The highest BCUT2D eigenvalue weighted by atomic mass is 16.9. The van der Waals surface area contributed by atoms with Crippen LogP contribution in [-0.2, 0) is 25.6 Å². The fourth-order valence-corrected chi connectivity index (χ4v) is 5.43. The number of hydrogen-bond acceptors (Lipinski definition) is 7. The van der Waals surface area contributed by atoms with Crippen molar-refractivity contribution in [2.45, 2.75) is 136 Å². The Labute approximate surface area is 266 Å². The quantitative estimate of drug-likeness (QED) is 0.0429. The van der Waals surface area contributed by atoms with E-state index in [-0.39, 0.29) is 25.2 Å². The number of benzene rings is 1. The molecule has 9 heteroatoms. The van der Waals surface area contributed by atoms with Crippen molar-refractivity contribution in [1.82, 2.24) is 10.6 Å². The second kappa shape index (κ2) is 26.5. The highest BCUT2D eigenvalue weighted by molar-refractivity contribution is 5.84. The van der Waals surface area contributed by atoms with E-state index < -0.39 is 17.1 Å². The van der Waals surface area contributed by atoms with Gasteiger partial charge in [0.1, 0.15) is 6.04 Å². The number of hydrogen-bond donors (Lipinski definition) is 2. The van der Waals surface area contributed by atoms with Crippen molar-refractivity contribution in [2.75, 3.05) is 19.8 Å². The molecule has 1 saturated heterocycles. The van der Waals surface area contributed by atoms with Crippen molar-refractivity contribution >= 4 is 11.9 Å². The lowest BCUT2D eigenvalue weighted by Gasteiger charge is -2.21. The number of esters is 1. The Morgan fingerprint density at radius 1 is 1.07 bits per heavy atom. The van der Waals surface area contributed by atoms with Gasteiger partial charge in [0.15, 0.2) is 0 Å². The Balaban J connectivity index is 0.000000488. The van der Waals surface area contributed by atoms with Crippen LogP contribution in [0.25, 0.3) is 0 Å². The average Bonchev–Trinajstić information content (AvgIpc) is 3.54. The molecule has 1 aromatic carbocycles. The normalized spacial score (nSPS) is 15.7. The molecule has 0 spiro atoms. The molecule has 2 N–H and O–H groups in total. The monoisotopic (exact) mass is 617 g/mol. The van der Waals surface area contributed by atoms with E-state index in [2.05, 4.69) is 59.7 Å². The number of amides is 1. The summed E-state index contributed by atoms with van der Waals surface area (Å²) in [7, 11) is 0. The van der Waals surface area contributed by atoms with Gasteiger partial charge in [0, 0.05) is 12.5 Å². The van der Waals surface area contributed by atoms with E-state index in [4.69, 9.17) is 4.74 Å². The van der Waals surface area contributed by atoms with Gasteiger partial charge in [-0.25, -0.2) is 4.79 Å². The molecule has 250 valence electrons. The highest BCUT2D eigenvalue weighted by Gasteiger charge is 2.27. The molecule has 0 aromatic heterocycles. The summed E-state index contributed by atoms with van der Waals surface area (Å²) < 4.78 is 5.25. The summed E-state index contributed by atoms with van der Waals surface area (Å²) in [5, 5.41) is 15.3. The smallest absolute Gasteiger partial charge is 0.328 e. The van der Waals surface area contributed by atoms with E-state index in [1.54, 1.807) is 0 Å². The zero-order valence-electron chi connectivity index (χ0n) is 27.6. The molecule has 1 aliphatic rings. The Bertz CT molecular complexity index is 905. The molecule has 3 atom stereocenters. The van der Waals surface area contributed by atoms with Gasteiger partial charge in [-0.1, -0.05) is 94.9 Å². The Hall–Kier alpha value is -2.94. The van der Waals surface area contributed by atoms with E-state index in [1.807, 2.05) is 19.1 Å². The second-order valence-electron chi connectivity index (χ2n) is 11.7. The lowest BCUT2D eigenvalue weighted by Crippen LogP contribution is -2.45. The maximum atomic E-state index is 12.4. The van der Waals surface area contributed by atoms with Crippen LogP contribution < -0.4 is 10.6 Å². The fraction of sp³-hybridized carbons (Fsp3) is 0.714. The number of carbonyl (C=O) groups is 2. The van der Waals surface area contributed by atoms with Crippen LogP contribution in [0.4, 0.5) is 0 Å². The van der Waals surface area contributed by atoms with E-state index in [0.29, 0.717) is 25.7 Å². The molecule has 1 amide bonds. The summed E-state index contributed by atoms with van der Waals surface area (Å²) in [6, 6.07) is 10.4. The minimum absolute atomic E-state index is 0.0249. The van der Waals surface area contributed by atoms with Gasteiger partial charge in [0.2, 0.25) is 5.91 Å². The Morgan fingerprint density at radius 2 is 1.84 bits per heavy atom. The zero-order valence-corrected chi connectivity index (χ0v) is 27.6. The number of rotatable bonds is 23. The maximum absolute atomic E-state index is 12.4. The SMILES string of the molecule is C/C=C\CCCC(=O)NC(CC1CCCN1)C(=O)OCCCCO[N+](=O)[O-].CCCC(CC)CCCCCc1ccccc1. The minimum Gasteiger partial charge on any atom is -0.464 e. The van der Waals surface area contributed by atoms with E-state index in [0.717, 1.165) is 38.1 Å². The fourth-order valence-electron chi connectivity index (χ4n) is 5.43. The predicted octanol–water partition coefficient (Wildman–Crippen LogP) is 7.51. The van der Waals surface area contributed by atoms with Gasteiger partial charge >= 0.3 is 5.97 Å². The topological polar surface area (TPSA) is 120 Å². The van der Waals surface area contributed by atoms with Crippen molar-refractivity contribution in [2.24, 2.45) is 5.92 Å². The molecule has 0 bridgehead atoms. The molecular weight excluding hydrogens is 558 g/mol. The van der Waals surface area contributed by atoms with Gasteiger partial charge in [-0.2, -0.15) is 0 Å². The summed E-state index contributed by atoms with van der Waals surface area (Å²) in [6.45, 7) is 7.61. The van der Waals surface area contributed by atoms with Gasteiger partial charge in [0.05, 0.1) is 13.2 Å². The molecule has 1 aliphatic heterocycles. The van der Waals surface area contributed by atoms with Gasteiger partial charge in [0.25, 0.3) is 5.09 Å². The van der Waals surface area contributed by atoms with Crippen molar-refractivity contribution in [1.29, 1.82) is 0 Å². The van der Waals surface area contributed by atoms with E-state index in [9.17, 15) is 19.7 Å². The molecule has 0 saturated carbocycles. The Morgan fingerprint density at radius 3 is 2.50 bits per heavy atom. The molecular formula is C35H59N3O6. The summed E-state index contributed by atoms with van der Waals surface area (Å²) >= 11 is 0.